The Hall–Kier alpha value is -0.983. The van der Waals surface area contributed by atoms with Crippen molar-refractivity contribution in [3.05, 3.63) is 17.9 Å². The molecule has 1 aromatic heterocycles. The van der Waals surface area contributed by atoms with Crippen LogP contribution in [0.25, 0.3) is 0 Å². The Morgan fingerprint density at radius 2 is 2.12 bits per heavy atom. The van der Waals surface area contributed by atoms with Crippen molar-refractivity contribution in [2.24, 2.45) is 0 Å². The predicted molar refractivity (Wildman–Crippen MR) is 69.5 cm³/mol. The fourth-order valence-electron chi connectivity index (χ4n) is 1.48. The molecule has 2 nitrogen and oxygen atoms in total. The first kappa shape index (κ1) is 13.1. The minimum atomic E-state index is -1.36. The minimum Gasteiger partial charge on any atom is -0.468 e. The molecule has 0 aliphatic rings. The van der Waals surface area contributed by atoms with Crippen LogP contribution in [-0.4, -0.2) is 14.7 Å². The second-order valence-electron chi connectivity index (χ2n) is 4.86. The van der Waals surface area contributed by atoms with E-state index in [9.17, 15) is 0 Å². The van der Waals surface area contributed by atoms with Crippen molar-refractivity contribution in [3.8, 4) is 12.3 Å². The van der Waals surface area contributed by atoms with Gasteiger partial charge in [0.15, 0.2) is 0 Å². The summed E-state index contributed by atoms with van der Waals surface area (Å²) < 4.78 is 11.4. The highest BCUT2D eigenvalue weighted by molar-refractivity contribution is 6.87. The standard InChI is InChI=1S/C13H20O2Si/c1-6-10-14-11(7-2)12-8-9-13(15-12)16(3,4)5/h1,8-9,11H,7,10H2,2-5H3. The number of rotatable bonds is 5. The van der Waals surface area contributed by atoms with Crippen molar-refractivity contribution in [1.29, 1.82) is 0 Å². The van der Waals surface area contributed by atoms with Gasteiger partial charge in [0.05, 0.1) is 5.38 Å². The monoisotopic (exact) mass is 236 g/mol. The van der Waals surface area contributed by atoms with Crippen molar-refractivity contribution in [2.45, 2.75) is 39.1 Å². The van der Waals surface area contributed by atoms with E-state index in [4.69, 9.17) is 15.6 Å². The lowest BCUT2D eigenvalue weighted by Gasteiger charge is -2.14. The fourth-order valence-corrected chi connectivity index (χ4v) is 2.49. The van der Waals surface area contributed by atoms with Gasteiger partial charge >= 0.3 is 0 Å². The Bertz CT molecular complexity index is 368. The number of ether oxygens (including phenoxy) is 1. The Morgan fingerprint density at radius 3 is 2.56 bits per heavy atom. The first-order valence-corrected chi connectivity index (χ1v) is 9.14. The molecule has 0 aromatic carbocycles. The van der Waals surface area contributed by atoms with Gasteiger partial charge in [-0.3, -0.25) is 0 Å². The molecule has 0 saturated carbocycles. The molecule has 0 N–H and O–H groups in total. The third-order valence-electron chi connectivity index (χ3n) is 2.42. The maximum absolute atomic E-state index is 5.87. The van der Waals surface area contributed by atoms with Gasteiger partial charge in [-0.2, -0.15) is 0 Å². The average molecular weight is 236 g/mol. The normalized spacial score (nSPS) is 13.4. The molecule has 0 radical (unpaired) electrons. The topological polar surface area (TPSA) is 22.4 Å². The van der Waals surface area contributed by atoms with E-state index in [2.05, 4.69) is 38.6 Å². The lowest BCUT2D eigenvalue weighted by atomic mass is 10.2. The lowest BCUT2D eigenvalue weighted by Crippen LogP contribution is -2.36. The van der Waals surface area contributed by atoms with E-state index in [1.165, 1.54) is 0 Å². The van der Waals surface area contributed by atoms with E-state index < -0.39 is 8.07 Å². The number of hydrogen-bond acceptors (Lipinski definition) is 2. The third kappa shape index (κ3) is 3.26. The van der Waals surface area contributed by atoms with Gasteiger partial charge in [-0.05, 0) is 18.6 Å². The zero-order valence-corrected chi connectivity index (χ0v) is 11.5. The first-order valence-electron chi connectivity index (χ1n) is 5.64. The molecule has 1 unspecified atom stereocenters. The van der Waals surface area contributed by atoms with Crippen LogP contribution in [0.15, 0.2) is 16.5 Å². The molecule has 1 aromatic rings. The summed E-state index contributed by atoms with van der Waals surface area (Å²) in [4.78, 5) is 0. The van der Waals surface area contributed by atoms with Crippen LogP contribution < -0.4 is 5.38 Å². The van der Waals surface area contributed by atoms with Crippen molar-refractivity contribution in [2.75, 3.05) is 6.61 Å². The maximum atomic E-state index is 5.87. The van der Waals surface area contributed by atoms with Crippen LogP contribution in [0.5, 0.6) is 0 Å². The van der Waals surface area contributed by atoms with Crippen LogP contribution in [-0.2, 0) is 4.74 Å². The summed E-state index contributed by atoms with van der Waals surface area (Å²) in [7, 11) is -1.36. The van der Waals surface area contributed by atoms with Crippen LogP contribution in [0.3, 0.4) is 0 Å². The van der Waals surface area contributed by atoms with Crippen LogP contribution in [0.2, 0.25) is 19.6 Å². The molecule has 1 rings (SSSR count). The molecule has 0 spiro atoms. The highest BCUT2D eigenvalue weighted by Gasteiger charge is 2.23. The molecule has 0 aliphatic heterocycles. The Balaban J connectivity index is 2.79. The van der Waals surface area contributed by atoms with Crippen molar-refractivity contribution >= 4 is 13.5 Å². The van der Waals surface area contributed by atoms with Crippen molar-refractivity contribution in [1.82, 2.24) is 0 Å². The summed E-state index contributed by atoms with van der Waals surface area (Å²) >= 11 is 0. The summed E-state index contributed by atoms with van der Waals surface area (Å²) in [6.07, 6.45) is 6.05. The summed E-state index contributed by atoms with van der Waals surface area (Å²) in [5.41, 5.74) is 0. The van der Waals surface area contributed by atoms with Gasteiger partial charge in [0, 0.05) is 0 Å². The molecule has 0 aliphatic carbocycles. The molecule has 88 valence electrons. The van der Waals surface area contributed by atoms with Gasteiger partial charge in [-0.25, -0.2) is 0 Å². The van der Waals surface area contributed by atoms with Gasteiger partial charge in [0.1, 0.15) is 26.5 Å². The first-order chi connectivity index (χ1) is 7.49. The second-order valence-corrected chi connectivity index (χ2v) is 9.86. The lowest BCUT2D eigenvalue weighted by molar-refractivity contribution is 0.0588. The molecular formula is C13H20O2Si. The van der Waals surface area contributed by atoms with Gasteiger partial charge in [0.25, 0.3) is 0 Å². The minimum absolute atomic E-state index is 0.0128. The molecule has 0 bridgehead atoms. The SMILES string of the molecule is C#CCOC(CC)c1ccc([Si](C)(C)C)o1. The molecule has 1 heterocycles. The van der Waals surface area contributed by atoms with E-state index in [-0.39, 0.29) is 6.10 Å². The Labute approximate surface area is 99.0 Å². The Kier molecular flexibility index (Phi) is 4.40. The molecule has 1 atom stereocenters. The average Bonchev–Trinajstić information content (AvgIpc) is 2.68. The molecule has 0 fully saturated rings. The van der Waals surface area contributed by atoms with Crippen LogP contribution in [0, 0.1) is 12.3 Å². The van der Waals surface area contributed by atoms with E-state index in [0.29, 0.717) is 6.61 Å². The van der Waals surface area contributed by atoms with Gasteiger partial charge in [-0.1, -0.05) is 32.5 Å². The second kappa shape index (κ2) is 5.38. The molecule has 0 saturated heterocycles. The summed E-state index contributed by atoms with van der Waals surface area (Å²) in [6, 6.07) is 4.09. The maximum Gasteiger partial charge on any atom is 0.132 e. The van der Waals surface area contributed by atoms with E-state index in [1.54, 1.807) is 0 Å². The number of hydrogen-bond donors (Lipinski definition) is 0. The van der Waals surface area contributed by atoms with Gasteiger partial charge in [-0.15, -0.1) is 6.42 Å². The van der Waals surface area contributed by atoms with Crippen LogP contribution >= 0.6 is 0 Å². The fraction of sp³-hybridized carbons (Fsp3) is 0.538. The summed E-state index contributed by atoms with van der Waals surface area (Å²) in [6.45, 7) is 9.19. The molecule has 3 heteroatoms. The van der Waals surface area contributed by atoms with Crippen LogP contribution in [0.4, 0.5) is 0 Å². The quantitative estimate of drug-likeness (QED) is 0.579. The number of terminal acetylenes is 1. The van der Waals surface area contributed by atoms with E-state index in [0.717, 1.165) is 17.6 Å². The Morgan fingerprint density at radius 1 is 1.44 bits per heavy atom. The van der Waals surface area contributed by atoms with Gasteiger partial charge < -0.3 is 9.15 Å². The van der Waals surface area contributed by atoms with Gasteiger partial charge in [0.2, 0.25) is 0 Å². The predicted octanol–water partition coefficient (Wildman–Crippen LogP) is 2.93. The smallest absolute Gasteiger partial charge is 0.132 e. The zero-order chi connectivity index (χ0) is 12.2. The van der Waals surface area contributed by atoms with Crippen molar-refractivity contribution < 1.29 is 9.15 Å². The van der Waals surface area contributed by atoms with Crippen molar-refractivity contribution in [3.63, 3.8) is 0 Å². The zero-order valence-electron chi connectivity index (χ0n) is 10.5. The molecule has 0 amide bonds. The highest BCUT2D eigenvalue weighted by Crippen LogP contribution is 2.21. The largest absolute Gasteiger partial charge is 0.468 e. The highest BCUT2D eigenvalue weighted by atomic mass is 28.3. The molecule has 16 heavy (non-hydrogen) atoms. The summed E-state index contributed by atoms with van der Waals surface area (Å²) in [5.74, 6) is 3.38. The summed E-state index contributed by atoms with van der Waals surface area (Å²) in [5, 5.41) is 1.12. The third-order valence-corrected chi connectivity index (χ3v) is 4.17. The molecular weight excluding hydrogens is 216 g/mol. The van der Waals surface area contributed by atoms with E-state index in [1.807, 2.05) is 6.07 Å². The van der Waals surface area contributed by atoms with Crippen LogP contribution in [0.1, 0.15) is 25.2 Å². The van der Waals surface area contributed by atoms with E-state index >= 15 is 0 Å². The number of furan rings is 1.